The van der Waals surface area contributed by atoms with E-state index in [1.807, 2.05) is 6.08 Å². The van der Waals surface area contributed by atoms with Crippen LogP contribution in [0.25, 0.3) is 16.5 Å². The number of methoxy groups -OCH3 is 1. The molecule has 3 rings (SSSR count). The van der Waals surface area contributed by atoms with Crippen molar-refractivity contribution in [1.29, 1.82) is 0 Å². The van der Waals surface area contributed by atoms with E-state index in [0.717, 1.165) is 24.1 Å². The predicted octanol–water partition coefficient (Wildman–Crippen LogP) is 2.40. The molecule has 0 bridgehead atoms. The van der Waals surface area contributed by atoms with Crippen LogP contribution in [0.1, 0.15) is 30.8 Å². The molecular formula is C16H17N3O3. The van der Waals surface area contributed by atoms with Crippen LogP contribution in [0.5, 0.6) is 5.88 Å². The van der Waals surface area contributed by atoms with E-state index in [0.29, 0.717) is 23.1 Å². The average Bonchev–Trinajstić information content (AvgIpc) is 2.54. The number of rotatable bonds is 2. The number of aromatic hydroxyl groups is 1. The van der Waals surface area contributed by atoms with Crippen molar-refractivity contribution in [1.82, 2.24) is 15.0 Å². The van der Waals surface area contributed by atoms with E-state index in [1.165, 1.54) is 7.11 Å². The van der Waals surface area contributed by atoms with Crippen LogP contribution in [0.4, 0.5) is 0 Å². The Hall–Kier alpha value is -2.50. The minimum atomic E-state index is -0.164. The molecule has 1 atom stereocenters. The molecule has 0 fully saturated rings. The quantitative estimate of drug-likeness (QED) is 0.857. The van der Waals surface area contributed by atoms with E-state index < -0.39 is 0 Å². The van der Waals surface area contributed by atoms with Gasteiger partial charge in [-0.05, 0) is 37.8 Å². The zero-order chi connectivity index (χ0) is 15.7. The highest BCUT2D eigenvalue weighted by atomic mass is 16.5. The molecule has 0 radical (unpaired) electrons. The number of aromatic nitrogens is 3. The van der Waals surface area contributed by atoms with Crippen LogP contribution in [-0.4, -0.2) is 33.1 Å². The largest absolute Gasteiger partial charge is 0.493 e. The van der Waals surface area contributed by atoms with Crippen LogP contribution < -0.4 is 0 Å². The standard InChI is InChI=1S/C16H17N3O3/c1-9-18-14-8-17-13(7-12(14)15(20)19-9)10-3-5-11(6-4-10)16(21)22-2/h3,7-8,11H,4-6H2,1-2H3,(H,18,19,20). The molecule has 22 heavy (non-hydrogen) atoms. The minimum Gasteiger partial charge on any atom is -0.493 e. The average molecular weight is 299 g/mol. The van der Waals surface area contributed by atoms with E-state index in [1.54, 1.807) is 19.2 Å². The molecule has 1 N–H and O–H groups in total. The van der Waals surface area contributed by atoms with Crippen molar-refractivity contribution < 1.29 is 14.6 Å². The third kappa shape index (κ3) is 2.64. The lowest BCUT2D eigenvalue weighted by atomic mass is 9.88. The van der Waals surface area contributed by atoms with Gasteiger partial charge in [-0.2, -0.15) is 4.98 Å². The highest BCUT2D eigenvalue weighted by molar-refractivity contribution is 5.85. The van der Waals surface area contributed by atoms with Crippen molar-refractivity contribution in [3.63, 3.8) is 0 Å². The predicted molar refractivity (Wildman–Crippen MR) is 81.1 cm³/mol. The van der Waals surface area contributed by atoms with Crippen LogP contribution in [-0.2, 0) is 9.53 Å². The molecule has 0 aromatic carbocycles. The van der Waals surface area contributed by atoms with Crippen molar-refractivity contribution >= 4 is 22.4 Å². The second-order valence-corrected chi connectivity index (χ2v) is 5.40. The van der Waals surface area contributed by atoms with Gasteiger partial charge < -0.3 is 9.84 Å². The van der Waals surface area contributed by atoms with Crippen molar-refractivity contribution in [2.75, 3.05) is 7.11 Å². The fourth-order valence-electron chi connectivity index (χ4n) is 2.75. The van der Waals surface area contributed by atoms with Gasteiger partial charge in [0.15, 0.2) is 0 Å². The van der Waals surface area contributed by atoms with E-state index in [2.05, 4.69) is 15.0 Å². The van der Waals surface area contributed by atoms with Gasteiger partial charge in [-0.3, -0.25) is 9.78 Å². The van der Waals surface area contributed by atoms with Crippen LogP contribution >= 0.6 is 0 Å². The lowest BCUT2D eigenvalue weighted by Gasteiger charge is -2.19. The SMILES string of the molecule is COC(=O)C1CC=C(c2cc3c(O)nc(C)nc3cn2)CC1. The first-order chi connectivity index (χ1) is 10.6. The molecule has 1 aliphatic carbocycles. The number of carbonyl (C=O) groups is 1. The second kappa shape index (κ2) is 5.71. The number of nitrogens with zero attached hydrogens (tertiary/aromatic N) is 3. The number of fused-ring (bicyclic) bond motifs is 1. The Morgan fingerprint density at radius 2 is 2.23 bits per heavy atom. The molecule has 2 aromatic heterocycles. The normalized spacial score (nSPS) is 18.1. The van der Waals surface area contributed by atoms with Gasteiger partial charge in [0.25, 0.3) is 0 Å². The van der Waals surface area contributed by atoms with Crippen molar-refractivity contribution in [3.8, 4) is 5.88 Å². The zero-order valence-electron chi connectivity index (χ0n) is 12.5. The van der Waals surface area contributed by atoms with E-state index in [4.69, 9.17) is 4.74 Å². The molecule has 2 heterocycles. The maximum Gasteiger partial charge on any atom is 0.308 e. The molecule has 2 aromatic rings. The Morgan fingerprint density at radius 1 is 1.41 bits per heavy atom. The summed E-state index contributed by atoms with van der Waals surface area (Å²) in [7, 11) is 1.41. The van der Waals surface area contributed by atoms with Gasteiger partial charge in [0.05, 0.1) is 35.8 Å². The Bertz CT molecular complexity index is 771. The summed E-state index contributed by atoms with van der Waals surface area (Å²) in [6.07, 6.45) is 5.82. The Morgan fingerprint density at radius 3 is 2.91 bits per heavy atom. The fourth-order valence-corrected chi connectivity index (χ4v) is 2.75. The van der Waals surface area contributed by atoms with Crippen molar-refractivity contribution in [2.24, 2.45) is 5.92 Å². The molecule has 0 saturated heterocycles. The Balaban J connectivity index is 1.91. The van der Waals surface area contributed by atoms with Gasteiger partial charge in [0.1, 0.15) is 5.82 Å². The summed E-state index contributed by atoms with van der Waals surface area (Å²) in [5, 5.41) is 10.6. The van der Waals surface area contributed by atoms with Crippen LogP contribution in [0.3, 0.4) is 0 Å². The van der Waals surface area contributed by atoms with Crippen LogP contribution in [0.15, 0.2) is 18.3 Å². The van der Waals surface area contributed by atoms with Crippen molar-refractivity contribution in [3.05, 3.63) is 29.9 Å². The first-order valence-electron chi connectivity index (χ1n) is 7.19. The first kappa shape index (κ1) is 14.4. The number of hydrogen-bond donors (Lipinski definition) is 1. The molecule has 1 aliphatic rings. The highest BCUT2D eigenvalue weighted by Gasteiger charge is 2.23. The number of ether oxygens (including phenoxy) is 1. The monoisotopic (exact) mass is 299 g/mol. The number of aryl methyl sites for hydroxylation is 1. The van der Waals surface area contributed by atoms with Gasteiger partial charge in [-0.15, -0.1) is 0 Å². The van der Waals surface area contributed by atoms with Gasteiger partial charge in [0.2, 0.25) is 5.88 Å². The van der Waals surface area contributed by atoms with Gasteiger partial charge in [-0.1, -0.05) is 6.08 Å². The van der Waals surface area contributed by atoms with Crippen LogP contribution in [0, 0.1) is 12.8 Å². The molecule has 6 heteroatoms. The smallest absolute Gasteiger partial charge is 0.308 e. The summed E-state index contributed by atoms with van der Waals surface area (Å²) in [5.41, 5.74) is 2.48. The van der Waals surface area contributed by atoms with Crippen molar-refractivity contribution in [2.45, 2.75) is 26.2 Å². The number of pyridine rings is 1. The summed E-state index contributed by atoms with van der Waals surface area (Å²) >= 11 is 0. The summed E-state index contributed by atoms with van der Waals surface area (Å²) < 4.78 is 4.78. The van der Waals surface area contributed by atoms with Gasteiger partial charge >= 0.3 is 5.97 Å². The first-order valence-corrected chi connectivity index (χ1v) is 7.19. The molecule has 1 unspecified atom stereocenters. The van der Waals surface area contributed by atoms with E-state index >= 15 is 0 Å². The Labute approximate surface area is 127 Å². The third-order valence-electron chi connectivity index (χ3n) is 3.95. The van der Waals surface area contributed by atoms with Gasteiger partial charge in [0, 0.05) is 0 Å². The maximum atomic E-state index is 11.5. The summed E-state index contributed by atoms with van der Waals surface area (Å²) in [6, 6.07) is 1.80. The molecule has 6 nitrogen and oxygen atoms in total. The summed E-state index contributed by atoms with van der Waals surface area (Å²) in [5.74, 6) is 0.240. The van der Waals surface area contributed by atoms with Crippen LogP contribution in [0.2, 0.25) is 0 Å². The molecule has 0 amide bonds. The fraction of sp³-hybridized carbons (Fsp3) is 0.375. The molecular weight excluding hydrogens is 282 g/mol. The number of carbonyl (C=O) groups excluding carboxylic acids is 1. The number of esters is 1. The molecule has 0 saturated carbocycles. The third-order valence-corrected chi connectivity index (χ3v) is 3.95. The topological polar surface area (TPSA) is 85.2 Å². The zero-order valence-corrected chi connectivity index (χ0v) is 12.5. The maximum absolute atomic E-state index is 11.5. The summed E-state index contributed by atoms with van der Waals surface area (Å²) in [6.45, 7) is 1.73. The molecule has 114 valence electrons. The molecule has 0 spiro atoms. The molecule has 0 aliphatic heterocycles. The van der Waals surface area contributed by atoms with E-state index in [-0.39, 0.29) is 17.8 Å². The Kier molecular flexibility index (Phi) is 3.75. The van der Waals surface area contributed by atoms with Gasteiger partial charge in [-0.25, -0.2) is 4.98 Å². The van der Waals surface area contributed by atoms with E-state index in [9.17, 15) is 9.90 Å². The second-order valence-electron chi connectivity index (χ2n) is 5.40. The lowest BCUT2D eigenvalue weighted by molar-refractivity contribution is -0.145. The lowest BCUT2D eigenvalue weighted by Crippen LogP contribution is -2.18. The number of hydrogen-bond acceptors (Lipinski definition) is 6. The highest BCUT2D eigenvalue weighted by Crippen LogP contribution is 2.32. The number of allylic oxidation sites excluding steroid dienone is 2. The minimum absolute atomic E-state index is 0.0324. The summed E-state index contributed by atoms with van der Waals surface area (Å²) in [4.78, 5) is 24.2.